The molecular formula is C22H21ClN3+. The largest absolute Gasteiger partial charge is 0.211 e. The van der Waals surface area contributed by atoms with Gasteiger partial charge in [0.05, 0.1) is 0 Å². The molecule has 2 N–H and O–H groups in total. The maximum absolute atomic E-state index is 6.10. The Morgan fingerprint density at radius 2 is 1.35 bits per heavy atom. The molecule has 0 bridgehead atoms. The van der Waals surface area contributed by atoms with Gasteiger partial charge in [0.1, 0.15) is 11.1 Å². The van der Waals surface area contributed by atoms with Crippen LogP contribution in [0.1, 0.15) is 29.2 Å². The van der Waals surface area contributed by atoms with Crippen LogP contribution in [0.15, 0.2) is 85.4 Å². The van der Waals surface area contributed by atoms with Crippen LogP contribution < -0.4 is 4.91 Å². The molecule has 130 valence electrons. The van der Waals surface area contributed by atoms with Gasteiger partial charge in [-0.05, 0) is 41.3 Å². The first-order valence-electron chi connectivity index (χ1n) is 8.14. The Labute approximate surface area is 159 Å². The summed E-state index contributed by atoms with van der Waals surface area (Å²) in [6, 6.07) is 27.1. The van der Waals surface area contributed by atoms with E-state index < -0.39 is 0 Å². The smallest absolute Gasteiger partial charge is 0.0985 e. The lowest BCUT2D eigenvalue weighted by Crippen LogP contribution is -2.26. The van der Waals surface area contributed by atoms with Crippen molar-refractivity contribution < 1.29 is 0 Å². The van der Waals surface area contributed by atoms with E-state index in [1.165, 1.54) is 16.7 Å². The molecule has 0 spiro atoms. The second kappa shape index (κ2) is 8.91. The predicted octanol–water partition coefficient (Wildman–Crippen LogP) is 6.45. The molecule has 0 saturated carbocycles. The molecule has 0 aliphatic heterocycles. The summed E-state index contributed by atoms with van der Waals surface area (Å²) in [5.74, 6) is 0. The highest BCUT2D eigenvalue weighted by Crippen LogP contribution is 2.40. The molecule has 26 heavy (non-hydrogen) atoms. The highest BCUT2D eigenvalue weighted by molar-refractivity contribution is 6.30. The van der Waals surface area contributed by atoms with E-state index in [4.69, 9.17) is 22.7 Å². The van der Waals surface area contributed by atoms with Gasteiger partial charge in [-0.3, -0.25) is 0 Å². The van der Waals surface area contributed by atoms with Gasteiger partial charge in [-0.15, -0.1) is 0 Å². The first kappa shape index (κ1) is 19.3. The summed E-state index contributed by atoms with van der Waals surface area (Å²) in [5.41, 5.74) is 15.6. The molecule has 0 radical (unpaired) electrons. The molecular weight excluding hydrogens is 342 g/mol. The SMILES string of the molecule is C=Cc1ccccc1C(C)(c1ccccc1)c1ccc(Cl)cc1.N=[N+]=N. The first-order valence-corrected chi connectivity index (χ1v) is 8.52. The molecule has 0 amide bonds. The molecule has 3 rings (SSSR count). The molecule has 0 aromatic heterocycles. The number of hydrogen-bond acceptors (Lipinski definition) is 2. The number of rotatable bonds is 4. The monoisotopic (exact) mass is 362 g/mol. The maximum atomic E-state index is 6.10. The average molecular weight is 363 g/mol. The zero-order chi connectivity index (χ0) is 19.0. The van der Waals surface area contributed by atoms with Crippen molar-refractivity contribution in [3.05, 3.63) is 113 Å². The van der Waals surface area contributed by atoms with E-state index >= 15 is 0 Å². The zero-order valence-electron chi connectivity index (χ0n) is 14.6. The third-order valence-corrected chi connectivity index (χ3v) is 4.74. The van der Waals surface area contributed by atoms with Crippen molar-refractivity contribution in [2.75, 3.05) is 0 Å². The Kier molecular flexibility index (Phi) is 6.62. The predicted molar refractivity (Wildman–Crippen MR) is 108 cm³/mol. The van der Waals surface area contributed by atoms with Crippen LogP contribution in [-0.2, 0) is 5.41 Å². The van der Waals surface area contributed by atoms with Gasteiger partial charge in [-0.2, -0.15) is 0 Å². The number of nitrogens with one attached hydrogen (secondary N) is 2. The lowest BCUT2D eigenvalue weighted by molar-refractivity contribution is 0.691. The molecule has 0 heterocycles. The fraction of sp³-hybridized carbons (Fsp3) is 0.0909. The van der Waals surface area contributed by atoms with Crippen molar-refractivity contribution in [3.63, 3.8) is 0 Å². The van der Waals surface area contributed by atoms with Gasteiger partial charge in [0.25, 0.3) is 0 Å². The molecule has 0 fully saturated rings. The summed E-state index contributed by atoms with van der Waals surface area (Å²) in [5, 5.41) is 0.751. The normalized spacial score (nSPS) is 12.1. The second-order valence-corrected chi connectivity index (χ2v) is 6.34. The van der Waals surface area contributed by atoms with E-state index in [0.717, 1.165) is 10.6 Å². The van der Waals surface area contributed by atoms with Crippen LogP contribution >= 0.6 is 11.6 Å². The first-order chi connectivity index (χ1) is 12.6. The topological polar surface area (TPSA) is 61.8 Å². The molecule has 1 atom stereocenters. The molecule has 1 unspecified atom stereocenters. The molecule has 3 aromatic rings. The van der Waals surface area contributed by atoms with Crippen molar-refractivity contribution in [2.24, 2.45) is 0 Å². The fourth-order valence-corrected chi connectivity index (χ4v) is 3.29. The van der Waals surface area contributed by atoms with E-state index in [9.17, 15) is 0 Å². The van der Waals surface area contributed by atoms with E-state index in [2.05, 4.69) is 68.1 Å². The van der Waals surface area contributed by atoms with Gasteiger partial charge in [0.15, 0.2) is 0 Å². The quantitative estimate of drug-likeness (QED) is 0.304. The molecule has 4 heteroatoms. The summed E-state index contributed by atoms with van der Waals surface area (Å²) < 4.78 is 0. The Balaban J connectivity index is 0.000000758. The summed E-state index contributed by atoms with van der Waals surface area (Å²) >= 11 is 6.10. The van der Waals surface area contributed by atoms with E-state index in [-0.39, 0.29) is 5.41 Å². The lowest BCUT2D eigenvalue weighted by atomic mass is 9.69. The summed E-state index contributed by atoms with van der Waals surface area (Å²) in [6.07, 6.45) is 1.92. The van der Waals surface area contributed by atoms with Crippen molar-refractivity contribution in [1.82, 2.24) is 4.91 Å². The van der Waals surface area contributed by atoms with Gasteiger partial charge in [0, 0.05) is 10.4 Å². The molecule has 0 saturated heterocycles. The maximum Gasteiger partial charge on any atom is 0.211 e. The Bertz CT molecular complexity index is 898. The van der Waals surface area contributed by atoms with Gasteiger partial charge < -0.3 is 0 Å². The Morgan fingerprint density at radius 3 is 1.92 bits per heavy atom. The summed E-state index contributed by atoms with van der Waals surface area (Å²) in [4.78, 5) is 2.00. The van der Waals surface area contributed by atoms with Gasteiger partial charge in [-0.25, -0.2) is 0 Å². The Morgan fingerprint density at radius 1 is 0.846 bits per heavy atom. The number of hydrogen-bond donors (Lipinski definition) is 2. The van der Waals surface area contributed by atoms with E-state index in [0.29, 0.717) is 0 Å². The van der Waals surface area contributed by atoms with Crippen LogP contribution in [0.25, 0.3) is 6.08 Å². The average Bonchev–Trinajstić information content (AvgIpc) is 2.69. The zero-order valence-corrected chi connectivity index (χ0v) is 15.4. The van der Waals surface area contributed by atoms with Crippen LogP contribution in [-0.4, -0.2) is 0 Å². The van der Waals surface area contributed by atoms with E-state index in [1.54, 1.807) is 0 Å². The summed E-state index contributed by atoms with van der Waals surface area (Å²) in [7, 11) is 0. The Hall–Kier alpha value is -3.00. The molecule has 3 nitrogen and oxygen atoms in total. The van der Waals surface area contributed by atoms with Gasteiger partial charge in [0.2, 0.25) is 4.91 Å². The molecule has 0 aliphatic carbocycles. The fourth-order valence-electron chi connectivity index (χ4n) is 3.16. The van der Waals surface area contributed by atoms with Gasteiger partial charge in [-0.1, -0.05) is 91.0 Å². The lowest BCUT2D eigenvalue weighted by Gasteiger charge is -2.33. The van der Waals surface area contributed by atoms with Crippen LogP contribution in [0, 0.1) is 11.1 Å². The third kappa shape index (κ3) is 3.97. The standard InChI is InChI=1S/C22H19Cl.H2N3/c1-3-17-9-7-8-12-21(17)22(2,18-10-5-4-6-11-18)19-13-15-20(23)16-14-19;1-3-2/h3-16H,1H2,2H3;1-2H/q;+1. The number of benzene rings is 3. The number of nitrogens with zero attached hydrogens (tertiary/aromatic N) is 1. The van der Waals surface area contributed by atoms with Crippen LogP contribution in [0.5, 0.6) is 0 Å². The highest BCUT2D eigenvalue weighted by Gasteiger charge is 2.32. The number of halogens is 1. The summed E-state index contributed by atoms with van der Waals surface area (Å²) in [6.45, 7) is 6.24. The van der Waals surface area contributed by atoms with Crippen LogP contribution in [0.2, 0.25) is 5.02 Å². The minimum atomic E-state index is -0.267. The molecule has 0 aliphatic rings. The van der Waals surface area contributed by atoms with E-state index in [1.807, 2.05) is 35.3 Å². The van der Waals surface area contributed by atoms with Crippen molar-refractivity contribution >= 4 is 17.7 Å². The van der Waals surface area contributed by atoms with Crippen LogP contribution in [0.3, 0.4) is 0 Å². The minimum absolute atomic E-state index is 0.267. The highest BCUT2D eigenvalue weighted by atomic mass is 35.5. The van der Waals surface area contributed by atoms with Gasteiger partial charge >= 0.3 is 0 Å². The minimum Gasteiger partial charge on any atom is -0.0985 e. The third-order valence-electron chi connectivity index (χ3n) is 4.49. The van der Waals surface area contributed by atoms with Crippen molar-refractivity contribution in [2.45, 2.75) is 12.3 Å². The molecule has 3 aromatic carbocycles. The van der Waals surface area contributed by atoms with Crippen molar-refractivity contribution in [3.8, 4) is 0 Å². The van der Waals surface area contributed by atoms with Crippen LogP contribution in [0.4, 0.5) is 0 Å². The van der Waals surface area contributed by atoms with Crippen molar-refractivity contribution in [1.29, 1.82) is 11.1 Å². The second-order valence-electron chi connectivity index (χ2n) is 5.90.